The average Bonchev–Trinajstić information content (AvgIpc) is 2.32. The number of rotatable bonds is 6. The number of amides is 1. The molecule has 1 rings (SSSR count). The van der Waals surface area contributed by atoms with E-state index in [-0.39, 0.29) is 31.1 Å². The number of hydrogen-bond donors (Lipinski definition) is 2. The van der Waals surface area contributed by atoms with Gasteiger partial charge in [0.2, 0.25) is 11.8 Å². The standard InChI is InChI=1S/C13H21F2NO3/c1-9(4-5-11(17)18)8-16-12(19)10-3-2-6-13(14,15)7-10/h9-10H,2-8H2,1H3,(H,16,19)(H,17,18). The molecule has 1 aliphatic carbocycles. The molecule has 4 nitrogen and oxygen atoms in total. The molecule has 2 unspecified atom stereocenters. The van der Waals surface area contributed by atoms with E-state index in [1.807, 2.05) is 6.92 Å². The molecule has 1 aliphatic rings. The number of carbonyl (C=O) groups is 2. The summed E-state index contributed by atoms with van der Waals surface area (Å²) in [7, 11) is 0. The molecule has 1 amide bonds. The molecule has 0 radical (unpaired) electrons. The third-order valence-electron chi connectivity index (χ3n) is 3.49. The molecule has 0 bridgehead atoms. The second kappa shape index (κ2) is 6.82. The predicted octanol–water partition coefficient (Wildman–Crippen LogP) is 2.43. The second-order valence-corrected chi connectivity index (χ2v) is 5.43. The fourth-order valence-corrected chi connectivity index (χ4v) is 2.29. The van der Waals surface area contributed by atoms with Crippen LogP contribution in [0, 0.1) is 11.8 Å². The fraction of sp³-hybridized carbons (Fsp3) is 0.846. The van der Waals surface area contributed by atoms with E-state index in [1.54, 1.807) is 0 Å². The van der Waals surface area contributed by atoms with Gasteiger partial charge in [0.15, 0.2) is 0 Å². The van der Waals surface area contributed by atoms with E-state index in [2.05, 4.69) is 5.32 Å². The van der Waals surface area contributed by atoms with Crippen LogP contribution in [0.5, 0.6) is 0 Å². The summed E-state index contributed by atoms with van der Waals surface area (Å²) in [6.45, 7) is 2.17. The van der Waals surface area contributed by atoms with Crippen LogP contribution in [0.4, 0.5) is 8.78 Å². The largest absolute Gasteiger partial charge is 0.481 e. The summed E-state index contributed by atoms with van der Waals surface area (Å²) in [5.41, 5.74) is 0. The molecule has 0 saturated heterocycles. The van der Waals surface area contributed by atoms with Crippen LogP contribution in [0.15, 0.2) is 0 Å². The van der Waals surface area contributed by atoms with Gasteiger partial charge in [-0.05, 0) is 25.2 Å². The summed E-state index contributed by atoms with van der Waals surface area (Å²) in [5, 5.41) is 11.2. The first-order valence-corrected chi connectivity index (χ1v) is 6.67. The van der Waals surface area contributed by atoms with Crippen molar-refractivity contribution in [3.8, 4) is 0 Å². The number of aliphatic carboxylic acids is 1. The molecule has 6 heteroatoms. The number of alkyl halides is 2. The van der Waals surface area contributed by atoms with Crippen LogP contribution in [-0.4, -0.2) is 29.5 Å². The van der Waals surface area contributed by atoms with Gasteiger partial charge in [-0.3, -0.25) is 9.59 Å². The average molecular weight is 277 g/mol. The zero-order chi connectivity index (χ0) is 14.5. The molecule has 1 fully saturated rings. The Morgan fingerprint density at radius 2 is 2.16 bits per heavy atom. The smallest absolute Gasteiger partial charge is 0.303 e. The number of carboxylic acid groups (broad SMARTS) is 1. The summed E-state index contributed by atoms with van der Waals surface area (Å²) in [4.78, 5) is 22.2. The summed E-state index contributed by atoms with van der Waals surface area (Å²) in [6.07, 6.45) is 0.897. The van der Waals surface area contributed by atoms with Gasteiger partial charge in [-0.2, -0.15) is 0 Å². The summed E-state index contributed by atoms with van der Waals surface area (Å²) in [5.74, 6) is -4.51. The Morgan fingerprint density at radius 1 is 1.47 bits per heavy atom. The topological polar surface area (TPSA) is 66.4 Å². The highest BCUT2D eigenvalue weighted by atomic mass is 19.3. The van der Waals surface area contributed by atoms with Crippen molar-refractivity contribution in [2.24, 2.45) is 11.8 Å². The molecule has 2 atom stereocenters. The van der Waals surface area contributed by atoms with Crippen LogP contribution in [0.2, 0.25) is 0 Å². The highest BCUT2D eigenvalue weighted by molar-refractivity contribution is 5.78. The predicted molar refractivity (Wildman–Crippen MR) is 65.9 cm³/mol. The van der Waals surface area contributed by atoms with Gasteiger partial charge in [0.05, 0.1) is 0 Å². The number of carbonyl (C=O) groups excluding carboxylic acids is 1. The SMILES string of the molecule is CC(CCC(=O)O)CNC(=O)C1CCCC(F)(F)C1. The van der Waals surface area contributed by atoms with Gasteiger partial charge in [-0.25, -0.2) is 8.78 Å². The summed E-state index contributed by atoms with van der Waals surface area (Å²) in [6, 6.07) is 0. The van der Waals surface area contributed by atoms with Crippen LogP contribution in [0.1, 0.15) is 45.4 Å². The summed E-state index contributed by atoms with van der Waals surface area (Å²) < 4.78 is 26.4. The monoisotopic (exact) mass is 277 g/mol. The van der Waals surface area contributed by atoms with Gasteiger partial charge in [0.25, 0.3) is 0 Å². The van der Waals surface area contributed by atoms with Crippen LogP contribution >= 0.6 is 0 Å². The normalized spacial score (nSPS) is 23.6. The van der Waals surface area contributed by atoms with Crippen LogP contribution in [0.3, 0.4) is 0 Å². The lowest BCUT2D eigenvalue weighted by atomic mass is 9.86. The third-order valence-corrected chi connectivity index (χ3v) is 3.49. The number of halogens is 2. The highest BCUT2D eigenvalue weighted by Crippen LogP contribution is 2.36. The molecule has 2 N–H and O–H groups in total. The molecule has 110 valence electrons. The Kier molecular flexibility index (Phi) is 5.69. The lowest BCUT2D eigenvalue weighted by Gasteiger charge is -2.28. The van der Waals surface area contributed by atoms with Crippen molar-refractivity contribution < 1.29 is 23.5 Å². The highest BCUT2D eigenvalue weighted by Gasteiger charge is 2.39. The molecule has 1 saturated carbocycles. The molecule has 0 aromatic carbocycles. The lowest BCUT2D eigenvalue weighted by Crippen LogP contribution is -2.39. The zero-order valence-electron chi connectivity index (χ0n) is 11.1. The molecular weight excluding hydrogens is 256 g/mol. The molecule has 0 aromatic rings. The van der Waals surface area contributed by atoms with E-state index < -0.39 is 17.8 Å². The van der Waals surface area contributed by atoms with E-state index in [4.69, 9.17) is 5.11 Å². The van der Waals surface area contributed by atoms with Gasteiger partial charge in [-0.1, -0.05) is 6.92 Å². The van der Waals surface area contributed by atoms with E-state index in [9.17, 15) is 18.4 Å². The number of nitrogens with one attached hydrogen (secondary N) is 1. The quantitative estimate of drug-likeness (QED) is 0.783. The lowest BCUT2D eigenvalue weighted by molar-refractivity contribution is -0.137. The second-order valence-electron chi connectivity index (χ2n) is 5.43. The Bertz CT molecular complexity index is 334. The van der Waals surface area contributed by atoms with Crippen LogP contribution < -0.4 is 5.32 Å². The molecule has 0 spiro atoms. The number of hydrogen-bond acceptors (Lipinski definition) is 2. The zero-order valence-corrected chi connectivity index (χ0v) is 11.1. The summed E-state index contributed by atoms with van der Waals surface area (Å²) >= 11 is 0. The van der Waals surface area contributed by atoms with Crippen molar-refractivity contribution >= 4 is 11.9 Å². The first-order valence-electron chi connectivity index (χ1n) is 6.67. The van der Waals surface area contributed by atoms with Crippen LogP contribution in [-0.2, 0) is 9.59 Å². The Hall–Kier alpha value is -1.20. The molecule has 0 aromatic heterocycles. The minimum absolute atomic E-state index is 0.0316. The molecule has 0 heterocycles. The Balaban J connectivity index is 2.29. The molecule has 0 aliphatic heterocycles. The Labute approximate surface area is 111 Å². The minimum Gasteiger partial charge on any atom is -0.481 e. The van der Waals surface area contributed by atoms with Gasteiger partial charge in [0, 0.05) is 31.7 Å². The van der Waals surface area contributed by atoms with Gasteiger partial charge in [0.1, 0.15) is 0 Å². The molecule has 19 heavy (non-hydrogen) atoms. The van der Waals surface area contributed by atoms with Crippen molar-refractivity contribution in [3.05, 3.63) is 0 Å². The number of carboxylic acids is 1. The maximum absolute atomic E-state index is 13.2. The Morgan fingerprint density at radius 3 is 2.74 bits per heavy atom. The van der Waals surface area contributed by atoms with E-state index in [0.29, 0.717) is 25.8 Å². The van der Waals surface area contributed by atoms with Gasteiger partial charge < -0.3 is 10.4 Å². The van der Waals surface area contributed by atoms with E-state index >= 15 is 0 Å². The van der Waals surface area contributed by atoms with Crippen molar-refractivity contribution in [1.82, 2.24) is 5.32 Å². The first kappa shape index (κ1) is 15.9. The van der Waals surface area contributed by atoms with E-state index in [1.165, 1.54) is 0 Å². The maximum atomic E-state index is 13.2. The van der Waals surface area contributed by atoms with Crippen molar-refractivity contribution in [2.45, 2.75) is 51.4 Å². The van der Waals surface area contributed by atoms with Gasteiger partial charge >= 0.3 is 5.97 Å². The van der Waals surface area contributed by atoms with Crippen molar-refractivity contribution in [3.63, 3.8) is 0 Å². The first-order chi connectivity index (χ1) is 8.80. The fourth-order valence-electron chi connectivity index (χ4n) is 2.29. The van der Waals surface area contributed by atoms with Crippen molar-refractivity contribution in [2.75, 3.05) is 6.54 Å². The van der Waals surface area contributed by atoms with Crippen LogP contribution in [0.25, 0.3) is 0 Å². The minimum atomic E-state index is -2.73. The molecular formula is C13H21F2NO3. The third kappa shape index (κ3) is 5.98. The van der Waals surface area contributed by atoms with Gasteiger partial charge in [-0.15, -0.1) is 0 Å². The van der Waals surface area contributed by atoms with E-state index in [0.717, 1.165) is 0 Å². The van der Waals surface area contributed by atoms with Crippen molar-refractivity contribution in [1.29, 1.82) is 0 Å². The maximum Gasteiger partial charge on any atom is 0.303 e.